The van der Waals surface area contributed by atoms with Crippen molar-refractivity contribution < 1.29 is 9.90 Å². The highest BCUT2D eigenvalue weighted by Gasteiger charge is 2.27. The molecule has 0 radical (unpaired) electrons. The molecule has 2 N–H and O–H groups in total. The van der Waals surface area contributed by atoms with Gasteiger partial charge < -0.3 is 15.3 Å². The number of nitrogens with one attached hydrogen (secondary N) is 1. The lowest BCUT2D eigenvalue weighted by Crippen LogP contribution is -2.49. The molecule has 2 aliphatic heterocycles. The number of amidine groups is 1. The molecule has 0 spiro atoms. The molecule has 0 amide bonds. The molecule has 3 heterocycles. The quantitative estimate of drug-likeness (QED) is 0.842. The van der Waals surface area contributed by atoms with Crippen molar-refractivity contribution >= 4 is 39.5 Å². The summed E-state index contributed by atoms with van der Waals surface area (Å²) < 4.78 is 0. The van der Waals surface area contributed by atoms with Gasteiger partial charge in [0.1, 0.15) is 10.8 Å². The van der Waals surface area contributed by atoms with Crippen LogP contribution in [0.2, 0.25) is 0 Å². The third-order valence-electron chi connectivity index (χ3n) is 5.11. The van der Waals surface area contributed by atoms with E-state index in [4.69, 9.17) is 10.1 Å². The molecule has 1 saturated heterocycles. The van der Waals surface area contributed by atoms with Crippen LogP contribution in [0.25, 0.3) is 0 Å². The zero-order chi connectivity index (χ0) is 18.8. The number of rotatable bonds is 4. The molecular weight excluding hydrogens is 360 g/mol. The van der Waals surface area contributed by atoms with Gasteiger partial charge in [-0.3, -0.25) is 9.69 Å². The number of aliphatic imine (C=N–C) groups is 1. The third kappa shape index (κ3) is 3.84. The van der Waals surface area contributed by atoms with Crippen molar-refractivity contribution in [2.75, 3.05) is 38.0 Å². The first kappa shape index (κ1) is 18.0. The lowest BCUT2D eigenvalue weighted by atomic mass is 10.1. The summed E-state index contributed by atoms with van der Waals surface area (Å²) in [7, 11) is 0. The Bertz CT molecular complexity index is 869. The van der Waals surface area contributed by atoms with Crippen LogP contribution in [0.5, 0.6) is 0 Å². The zero-order valence-corrected chi connectivity index (χ0v) is 16.3. The van der Waals surface area contributed by atoms with E-state index in [9.17, 15) is 4.79 Å². The summed E-state index contributed by atoms with van der Waals surface area (Å²) in [5.41, 5.74) is 4.47. The third-order valence-corrected chi connectivity index (χ3v) is 6.13. The van der Waals surface area contributed by atoms with Gasteiger partial charge in [0.05, 0.1) is 16.9 Å². The highest BCUT2D eigenvalue weighted by atomic mass is 32.1. The first-order valence-electron chi connectivity index (χ1n) is 9.34. The molecule has 2 aromatic rings. The van der Waals surface area contributed by atoms with E-state index in [0.29, 0.717) is 6.42 Å². The van der Waals surface area contributed by atoms with E-state index in [0.717, 1.165) is 54.9 Å². The lowest BCUT2D eigenvalue weighted by Gasteiger charge is -2.36. The van der Waals surface area contributed by atoms with Crippen LogP contribution in [0.1, 0.15) is 24.0 Å². The molecule has 0 unspecified atom stereocenters. The molecule has 0 aliphatic carbocycles. The second kappa shape index (κ2) is 7.70. The monoisotopic (exact) mass is 384 g/mol. The molecular formula is C20H24N4O2S. The van der Waals surface area contributed by atoms with Gasteiger partial charge in [-0.1, -0.05) is 12.1 Å². The number of fused-ring (bicyclic) bond motifs is 2. The second-order valence-corrected chi connectivity index (χ2v) is 7.91. The van der Waals surface area contributed by atoms with Crippen LogP contribution in [-0.2, 0) is 4.79 Å². The molecule has 0 atom stereocenters. The van der Waals surface area contributed by atoms with Crippen molar-refractivity contribution in [2.45, 2.75) is 19.8 Å². The first-order valence-corrected chi connectivity index (χ1v) is 10.2. The number of carboxylic acids is 1. The fraction of sp³-hybridized carbons (Fsp3) is 0.400. The summed E-state index contributed by atoms with van der Waals surface area (Å²) in [5.74, 6) is 0.333. The number of aliphatic carboxylic acids is 1. The van der Waals surface area contributed by atoms with Gasteiger partial charge in [0.25, 0.3) is 0 Å². The Labute approximate surface area is 163 Å². The molecule has 4 rings (SSSR count). The SMILES string of the molecule is Cc1csc2c1C(N1CCN(CCCC(=O)O)CC1)=Nc1ccccc1N2. The number of aryl methyl sites for hydroxylation is 1. The fourth-order valence-corrected chi connectivity index (χ4v) is 4.60. The average molecular weight is 385 g/mol. The topological polar surface area (TPSA) is 68.2 Å². The molecule has 27 heavy (non-hydrogen) atoms. The highest BCUT2D eigenvalue weighted by Crippen LogP contribution is 2.39. The Balaban J connectivity index is 1.53. The number of piperazine rings is 1. The summed E-state index contributed by atoms with van der Waals surface area (Å²) in [6.07, 6.45) is 0.953. The Morgan fingerprint density at radius 1 is 1.26 bits per heavy atom. The van der Waals surface area contributed by atoms with Crippen molar-refractivity contribution in [3.05, 3.63) is 40.8 Å². The van der Waals surface area contributed by atoms with Gasteiger partial charge in [0, 0.05) is 32.6 Å². The summed E-state index contributed by atoms with van der Waals surface area (Å²) in [5, 5.41) is 15.7. The van der Waals surface area contributed by atoms with E-state index in [1.165, 1.54) is 11.1 Å². The first-order chi connectivity index (χ1) is 13.1. The fourth-order valence-electron chi connectivity index (χ4n) is 3.65. The molecule has 0 bridgehead atoms. The molecule has 142 valence electrons. The summed E-state index contributed by atoms with van der Waals surface area (Å²) in [6.45, 7) is 6.68. The molecule has 0 saturated carbocycles. The maximum Gasteiger partial charge on any atom is 0.303 e. The maximum atomic E-state index is 10.7. The van der Waals surface area contributed by atoms with Crippen molar-refractivity contribution in [1.29, 1.82) is 0 Å². The Hall–Kier alpha value is -2.38. The molecule has 7 heteroatoms. The van der Waals surface area contributed by atoms with Crippen LogP contribution < -0.4 is 5.32 Å². The molecule has 2 aliphatic rings. The second-order valence-electron chi connectivity index (χ2n) is 7.03. The number of nitrogens with zero attached hydrogens (tertiary/aromatic N) is 3. The molecule has 1 aromatic carbocycles. The van der Waals surface area contributed by atoms with Crippen LogP contribution in [0, 0.1) is 6.92 Å². The van der Waals surface area contributed by atoms with Crippen LogP contribution in [-0.4, -0.2) is 59.4 Å². The summed E-state index contributed by atoms with van der Waals surface area (Å²) in [4.78, 5) is 20.5. The predicted octanol–water partition coefficient (Wildman–Crippen LogP) is 3.67. The van der Waals surface area contributed by atoms with Crippen LogP contribution in [0.4, 0.5) is 16.4 Å². The molecule has 1 fully saturated rings. The number of para-hydroxylation sites is 2. The Morgan fingerprint density at radius 3 is 2.81 bits per heavy atom. The van der Waals surface area contributed by atoms with E-state index in [-0.39, 0.29) is 6.42 Å². The van der Waals surface area contributed by atoms with Gasteiger partial charge in [0.2, 0.25) is 0 Å². The summed E-state index contributed by atoms with van der Waals surface area (Å²) in [6, 6.07) is 8.17. The Kier molecular flexibility index (Phi) is 5.13. The molecule has 6 nitrogen and oxygen atoms in total. The van der Waals surface area contributed by atoms with Crippen LogP contribution >= 0.6 is 11.3 Å². The number of hydrogen-bond donors (Lipinski definition) is 2. The van der Waals surface area contributed by atoms with Crippen molar-refractivity contribution in [2.24, 2.45) is 4.99 Å². The van der Waals surface area contributed by atoms with Crippen molar-refractivity contribution in [1.82, 2.24) is 9.80 Å². The number of anilines is 2. The van der Waals surface area contributed by atoms with Gasteiger partial charge in [-0.2, -0.15) is 0 Å². The van der Waals surface area contributed by atoms with Gasteiger partial charge in [0.15, 0.2) is 0 Å². The molecule has 1 aromatic heterocycles. The Morgan fingerprint density at radius 2 is 2.04 bits per heavy atom. The maximum absolute atomic E-state index is 10.7. The van der Waals surface area contributed by atoms with E-state index < -0.39 is 5.97 Å². The van der Waals surface area contributed by atoms with E-state index in [1.54, 1.807) is 11.3 Å². The minimum Gasteiger partial charge on any atom is -0.481 e. The van der Waals surface area contributed by atoms with Gasteiger partial charge >= 0.3 is 5.97 Å². The van der Waals surface area contributed by atoms with Crippen LogP contribution in [0.3, 0.4) is 0 Å². The van der Waals surface area contributed by atoms with Crippen molar-refractivity contribution in [3.8, 4) is 0 Å². The standard InChI is InChI=1S/C20H24N4O2S/c1-14-13-27-20-18(14)19(21-15-5-2-3-6-16(15)22-20)24-11-9-23(10-12-24)8-4-7-17(25)26/h2-3,5-6,13,22H,4,7-12H2,1H3,(H,25,26). The van der Waals surface area contributed by atoms with E-state index >= 15 is 0 Å². The normalized spacial score (nSPS) is 16.8. The summed E-state index contributed by atoms with van der Waals surface area (Å²) >= 11 is 1.73. The largest absolute Gasteiger partial charge is 0.481 e. The van der Waals surface area contributed by atoms with Crippen molar-refractivity contribution in [3.63, 3.8) is 0 Å². The minimum absolute atomic E-state index is 0.243. The predicted molar refractivity (Wildman–Crippen MR) is 110 cm³/mol. The number of hydrogen-bond acceptors (Lipinski definition) is 6. The zero-order valence-electron chi connectivity index (χ0n) is 15.4. The average Bonchev–Trinajstić information content (AvgIpc) is 2.92. The van der Waals surface area contributed by atoms with E-state index in [2.05, 4.69) is 39.6 Å². The number of thiophene rings is 1. The van der Waals surface area contributed by atoms with Gasteiger partial charge in [-0.15, -0.1) is 11.3 Å². The van der Waals surface area contributed by atoms with E-state index in [1.807, 2.05) is 12.1 Å². The smallest absolute Gasteiger partial charge is 0.303 e. The number of carbonyl (C=O) groups is 1. The van der Waals surface area contributed by atoms with Gasteiger partial charge in [-0.05, 0) is 43.0 Å². The minimum atomic E-state index is -0.715. The number of carboxylic acid groups (broad SMARTS) is 1. The van der Waals surface area contributed by atoms with Gasteiger partial charge in [-0.25, -0.2) is 4.99 Å². The number of benzene rings is 1. The van der Waals surface area contributed by atoms with Crippen LogP contribution in [0.15, 0.2) is 34.6 Å². The highest BCUT2D eigenvalue weighted by molar-refractivity contribution is 7.14. The lowest BCUT2D eigenvalue weighted by molar-refractivity contribution is -0.137.